The summed E-state index contributed by atoms with van der Waals surface area (Å²) in [6, 6.07) is 14.7. The van der Waals surface area contributed by atoms with E-state index in [1.54, 1.807) is 24.3 Å². The van der Waals surface area contributed by atoms with Crippen LogP contribution >= 0.6 is 0 Å². The van der Waals surface area contributed by atoms with Crippen molar-refractivity contribution in [2.75, 3.05) is 13.1 Å². The Labute approximate surface area is 199 Å². The summed E-state index contributed by atoms with van der Waals surface area (Å²) in [6.07, 6.45) is -3.00. The predicted octanol–water partition coefficient (Wildman–Crippen LogP) is 5.28. The van der Waals surface area contributed by atoms with Crippen molar-refractivity contribution in [3.05, 3.63) is 76.1 Å². The van der Waals surface area contributed by atoms with Crippen LogP contribution in [0.5, 0.6) is 17.2 Å². The molecule has 1 aliphatic heterocycles. The summed E-state index contributed by atoms with van der Waals surface area (Å²) in [5.74, 6) is -1.95. The highest BCUT2D eigenvalue weighted by Gasteiger charge is 2.41. The van der Waals surface area contributed by atoms with E-state index in [9.17, 15) is 23.1 Å². The van der Waals surface area contributed by atoms with Crippen LogP contribution in [0.2, 0.25) is 0 Å². The number of nitrogens with one attached hydrogen (secondary N) is 1. The minimum absolute atomic E-state index is 0.0635. The van der Waals surface area contributed by atoms with E-state index in [0.29, 0.717) is 5.92 Å². The van der Waals surface area contributed by atoms with Gasteiger partial charge in [0.25, 0.3) is 5.76 Å². The van der Waals surface area contributed by atoms with E-state index in [-0.39, 0.29) is 34.6 Å². The summed E-state index contributed by atoms with van der Waals surface area (Å²) in [4.78, 5) is 14.4. The molecule has 0 aliphatic carbocycles. The van der Waals surface area contributed by atoms with Crippen molar-refractivity contribution in [1.29, 1.82) is 0 Å². The molecule has 1 aromatic heterocycles. The Kier molecular flexibility index (Phi) is 5.92. The molecule has 0 spiro atoms. The van der Waals surface area contributed by atoms with E-state index in [1.807, 2.05) is 12.1 Å². The molecule has 35 heavy (non-hydrogen) atoms. The van der Waals surface area contributed by atoms with Crippen LogP contribution in [0.15, 0.2) is 63.8 Å². The number of fused-ring (bicyclic) bond motifs is 2. The van der Waals surface area contributed by atoms with Gasteiger partial charge in [-0.25, -0.2) is 0 Å². The minimum Gasteiger partial charge on any atom is -0.507 e. The van der Waals surface area contributed by atoms with Gasteiger partial charge in [-0.3, -0.25) is 4.79 Å². The molecule has 1 saturated heterocycles. The largest absolute Gasteiger partial charge is 0.507 e. The molecule has 1 aliphatic rings. The number of benzene rings is 3. The van der Waals surface area contributed by atoms with Crippen LogP contribution in [0.4, 0.5) is 13.2 Å². The number of rotatable bonds is 4. The Morgan fingerprint density at radius 3 is 2.49 bits per heavy atom. The molecule has 2 N–H and O–H groups in total. The van der Waals surface area contributed by atoms with Crippen molar-refractivity contribution in [2.45, 2.75) is 32.5 Å². The number of quaternary nitrogens is 1. The first-order chi connectivity index (χ1) is 16.7. The number of halogens is 3. The van der Waals surface area contributed by atoms with E-state index < -0.39 is 23.1 Å². The SMILES string of the molecule is CC1CC[NH+](Cc2c(O)ccc3c(=O)c(Oc4ccc5ccccc5c4)c(C(F)(F)F)oc23)CC1. The van der Waals surface area contributed by atoms with Gasteiger partial charge in [0.2, 0.25) is 11.2 Å². The van der Waals surface area contributed by atoms with Crippen LogP contribution in [0.25, 0.3) is 21.7 Å². The Morgan fingerprint density at radius 2 is 1.77 bits per heavy atom. The molecule has 0 atom stereocenters. The van der Waals surface area contributed by atoms with Gasteiger partial charge >= 0.3 is 6.18 Å². The lowest BCUT2D eigenvalue weighted by Gasteiger charge is -2.27. The van der Waals surface area contributed by atoms with Crippen LogP contribution in [-0.4, -0.2) is 18.2 Å². The standard InChI is InChI=1S/C27H24F3NO4/c1-16-10-12-31(13-11-16)15-21-22(32)9-8-20-23(33)25(26(27(28,29)30)35-24(20)21)34-19-7-6-17-4-2-3-5-18(17)14-19/h2-9,14,16,32H,10-13,15H2,1H3/p+1. The van der Waals surface area contributed by atoms with Crippen molar-refractivity contribution in [2.24, 2.45) is 5.92 Å². The van der Waals surface area contributed by atoms with Gasteiger partial charge in [-0.1, -0.05) is 37.3 Å². The predicted molar refractivity (Wildman–Crippen MR) is 126 cm³/mol. The van der Waals surface area contributed by atoms with Gasteiger partial charge in [-0.15, -0.1) is 0 Å². The molecule has 0 amide bonds. The van der Waals surface area contributed by atoms with E-state index >= 15 is 0 Å². The van der Waals surface area contributed by atoms with Crippen LogP contribution < -0.4 is 15.1 Å². The van der Waals surface area contributed by atoms with E-state index in [1.165, 1.54) is 18.2 Å². The highest BCUT2D eigenvalue weighted by molar-refractivity contribution is 5.85. The maximum atomic E-state index is 14.1. The molecular formula is C27H25F3NO4+. The second kappa shape index (κ2) is 8.92. The van der Waals surface area contributed by atoms with Crippen LogP contribution in [-0.2, 0) is 12.7 Å². The summed E-state index contributed by atoms with van der Waals surface area (Å²) in [7, 11) is 0. The molecule has 0 radical (unpaired) electrons. The zero-order chi connectivity index (χ0) is 24.7. The third kappa shape index (κ3) is 4.58. The Morgan fingerprint density at radius 1 is 1.06 bits per heavy atom. The molecule has 8 heteroatoms. The first-order valence-electron chi connectivity index (χ1n) is 11.6. The summed E-state index contributed by atoms with van der Waals surface area (Å²) in [5.41, 5.74) is -0.985. The quantitative estimate of drug-likeness (QED) is 0.414. The fourth-order valence-corrected chi connectivity index (χ4v) is 4.68. The second-order valence-corrected chi connectivity index (χ2v) is 9.25. The molecule has 3 aromatic carbocycles. The third-order valence-electron chi connectivity index (χ3n) is 6.70. The van der Waals surface area contributed by atoms with E-state index in [4.69, 9.17) is 9.15 Å². The molecule has 0 bridgehead atoms. The van der Waals surface area contributed by atoms with Gasteiger partial charge in [0, 0.05) is 0 Å². The number of ether oxygens (including phenoxy) is 1. The highest BCUT2D eigenvalue weighted by atomic mass is 19.4. The van der Waals surface area contributed by atoms with Gasteiger partial charge < -0.3 is 19.2 Å². The molecule has 1 fully saturated rings. The van der Waals surface area contributed by atoms with Crippen molar-refractivity contribution < 1.29 is 32.3 Å². The van der Waals surface area contributed by atoms with Crippen LogP contribution in [0, 0.1) is 5.92 Å². The first-order valence-corrected chi connectivity index (χ1v) is 11.6. The number of phenols is 1. The Balaban J connectivity index is 1.62. The average molecular weight is 484 g/mol. The molecule has 0 unspecified atom stereocenters. The smallest absolute Gasteiger partial charge is 0.453 e. The summed E-state index contributed by atoms with van der Waals surface area (Å²) < 4.78 is 53.1. The molecule has 5 rings (SSSR count). The molecule has 4 aromatic rings. The average Bonchev–Trinajstić information content (AvgIpc) is 2.83. The van der Waals surface area contributed by atoms with Gasteiger partial charge in [0.05, 0.1) is 24.0 Å². The maximum absolute atomic E-state index is 14.1. The second-order valence-electron chi connectivity index (χ2n) is 9.25. The first kappa shape index (κ1) is 23.2. The fourth-order valence-electron chi connectivity index (χ4n) is 4.68. The summed E-state index contributed by atoms with van der Waals surface area (Å²) >= 11 is 0. The number of alkyl halides is 3. The number of phenolic OH excluding ortho intramolecular Hbond substituents is 1. The van der Waals surface area contributed by atoms with Crippen molar-refractivity contribution >= 4 is 21.7 Å². The fraction of sp³-hybridized carbons (Fsp3) is 0.296. The topological polar surface area (TPSA) is 64.1 Å². The van der Waals surface area contributed by atoms with E-state index in [2.05, 4.69) is 6.92 Å². The van der Waals surface area contributed by atoms with E-state index in [0.717, 1.165) is 41.6 Å². The number of hydrogen-bond donors (Lipinski definition) is 2. The Bertz CT molecular complexity index is 1450. The monoisotopic (exact) mass is 484 g/mol. The third-order valence-corrected chi connectivity index (χ3v) is 6.70. The van der Waals surface area contributed by atoms with Gasteiger partial charge in [-0.05, 0) is 53.8 Å². The van der Waals surface area contributed by atoms with Gasteiger partial charge in [0.1, 0.15) is 18.0 Å². The summed E-state index contributed by atoms with van der Waals surface area (Å²) in [5, 5.41) is 12.1. The summed E-state index contributed by atoms with van der Waals surface area (Å²) in [6.45, 7) is 4.09. The van der Waals surface area contributed by atoms with Crippen molar-refractivity contribution in [3.8, 4) is 17.2 Å². The lowest BCUT2D eigenvalue weighted by Crippen LogP contribution is -3.11. The number of piperidine rings is 1. The molecule has 5 nitrogen and oxygen atoms in total. The normalized spacial score (nSPS) is 18.7. The van der Waals surface area contributed by atoms with Crippen molar-refractivity contribution in [3.63, 3.8) is 0 Å². The molecule has 0 saturated carbocycles. The molecule has 2 heterocycles. The number of likely N-dealkylation sites (tertiary alicyclic amines) is 1. The van der Waals surface area contributed by atoms with Crippen LogP contribution in [0.3, 0.4) is 0 Å². The molecule has 182 valence electrons. The highest BCUT2D eigenvalue weighted by Crippen LogP contribution is 2.40. The maximum Gasteiger partial charge on any atom is 0.453 e. The van der Waals surface area contributed by atoms with Gasteiger partial charge in [-0.2, -0.15) is 13.2 Å². The lowest BCUT2D eigenvalue weighted by molar-refractivity contribution is -0.919. The Hall–Kier alpha value is -3.52. The number of aromatic hydroxyl groups is 1. The van der Waals surface area contributed by atoms with Crippen LogP contribution in [0.1, 0.15) is 31.1 Å². The zero-order valence-electron chi connectivity index (χ0n) is 19.1. The lowest BCUT2D eigenvalue weighted by atomic mass is 9.98. The molecular weight excluding hydrogens is 459 g/mol. The van der Waals surface area contributed by atoms with Crippen molar-refractivity contribution in [1.82, 2.24) is 0 Å². The zero-order valence-corrected chi connectivity index (χ0v) is 19.1. The van der Waals surface area contributed by atoms with Gasteiger partial charge in [0.15, 0.2) is 5.58 Å². The minimum atomic E-state index is -4.98. The number of hydrogen-bond acceptors (Lipinski definition) is 4.